The molecule has 15 heavy (non-hydrogen) atoms. The second kappa shape index (κ2) is 7.24. The first kappa shape index (κ1) is 13.0. The lowest BCUT2D eigenvalue weighted by Gasteiger charge is -2.35. The minimum atomic E-state index is 0.811. The Morgan fingerprint density at radius 1 is 1.27 bits per heavy atom. The van der Waals surface area contributed by atoms with E-state index >= 15 is 0 Å². The van der Waals surface area contributed by atoms with Gasteiger partial charge in [-0.2, -0.15) is 0 Å². The molecule has 1 rings (SSSR count). The summed E-state index contributed by atoms with van der Waals surface area (Å²) >= 11 is 0. The number of piperidine rings is 1. The van der Waals surface area contributed by atoms with Crippen LogP contribution < -0.4 is 0 Å². The zero-order chi connectivity index (χ0) is 11.1. The van der Waals surface area contributed by atoms with Crippen LogP contribution in [0.3, 0.4) is 0 Å². The van der Waals surface area contributed by atoms with E-state index in [9.17, 15) is 0 Å². The lowest BCUT2D eigenvalue weighted by Crippen LogP contribution is -2.45. The highest BCUT2D eigenvalue weighted by Crippen LogP contribution is 2.14. The standard InChI is InChI=1S/C13H28N2/c1-4-5-6-7-11-15(3)13-9-8-10-14(2)12-13/h13H,4-12H2,1-3H3/t13-/m1/s1. The Kier molecular flexibility index (Phi) is 6.26. The number of rotatable bonds is 6. The van der Waals surface area contributed by atoms with Crippen LogP contribution in [-0.4, -0.2) is 49.6 Å². The molecular weight excluding hydrogens is 184 g/mol. The van der Waals surface area contributed by atoms with Crippen molar-refractivity contribution in [3.63, 3.8) is 0 Å². The first-order valence-electron chi connectivity index (χ1n) is 6.62. The van der Waals surface area contributed by atoms with Crippen molar-refractivity contribution in [2.24, 2.45) is 0 Å². The molecule has 0 radical (unpaired) electrons. The topological polar surface area (TPSA) is 6.48 Å². The van der Waals surface area contributed by atoms with E-state index in [1.807, 2.05) is 0 Å². The third kappa shape index (κ3) is 4.98. The first-order chi connectivity index (χ1) is 7.24. The van der Waals surface area contributed by atoms with Crippen molar-refractivity contribution in [3.05, 3.63) is 0 Å². The van der Waals surface area contributed by atoms with Gasteiger partial charge in [-0.15, -0.1) is 0 Å². The van der Waals surface area contributed by atoms with Gasteiger partial charge >= 0.3 is 0 Å². The van der Waals surface area contributed by atoms with Gasteiger partial charge in [0.05, 0.1) is 0 Å². The number of likely N-dealkylation sites (N-methyl/N-ethyl adjacent to an activating group) is 2. The van der Waals surface area contributed by atoms with Crippen molar-refractivity contribution < 1.29 is 0 Å². The maximum absolute atomic E-state index is 2.57. The molecule has 1 fully saturated rings. The molecule has 1 aliphatic rings. The number of unbranched alkanes of at least 4 members (excludes halogenated alkanes) is 3. The van der Waals surface area contributed by atoms with Crippen LogP contribution in [0.5, 0.6) is 0 Å². The fourth-order valence-corrected chi connectivity index (χ4v) is 2.47. The predicted octanol–water partition coefficient (Wildman–Crippen LogP) is 2.59. The van der Waals surface area contributed by atoms with Crippen LogP contribution >= 0.6 is 0 Å². The van der Waals surface area contributed by atoms with Crippen molar-refractivity contribution >= 4 is 0 Å². The summed E-state index contributed by atoms with van der Waals surface area (Å²) in [6, 6.07) is 0.811. The van der Waals surface area contributed by atoms with E-state index in [0.717, 1.165) is 6.04 Å². The van der Waals surface area contributed by atoms with Gasteiger partial charge in [-0.05, 0) is 46.4 Å². The molecule has 0 saturated carbocycles. The van der Waals surface area contributed by atoms with Crippen molar-refractivity contribution in [1.82, 2.24) is 9.80 Å². The molecule has 2 nitrogen and oxygen atoms in total. The van der Waals surface area contributed by atoms with Gasteiger partial charge in [0.25, 0.3) is 0 Å². The first-order valence-corrected chi connectivity index (χ1v) is 6.62. The van der Waals surface area contributed by atoms with Gasteiger partial charge in [0.15, 0.2) is 0 Å². The second-order valence-corrected chi connectivity index (χ2v) is 5.10. The summed E-state index contributed by atoms with van der Waals surface area (Å²) in [6.45, 7) is 6.13. The Morgan fingerprint density at radius 3 is 2.73 bits per heavy atom. The molecule has 0 aliphatic carbocycles. The number of hydrogen-bond acceptors (Lipinski definition) is 2. The van der Waals surface area contributed by atoms with Gasteiger partial charge in [0.1, 0.15) is 0 Å². The van der Waals surface area contributed by atoms with E-state index in [1.54, 1.807) is 0 Å². The largest absolute Gasteiger partial charge is 0.305 e. The van der Waals surface area contributed by atoms with Crippen LogP contribution in [0.4, 0.5) is 0 Å². The Labute approximate surface area is 95.6 Å². The van der Waals surface area contributed by atoms with Gasteiger partial charge in [0, 0.05) is 12.6 Å². The van der Waals surface area contributed by atoms with Crippen LogP contribution in [0.25, 0.3) is 0 Å². The highest BCUT2D eigenvalue weighted by molar-refractivity contribution is 4.77. The highest BCUT2D eigenvalue weighted by Gasteiger charge is 2.20. The SMILES string of the molecule is CCCCCCN(C)[C@@H]1CCCN(C)C1. The molecule has 0 bridgehead atoms. The smallest absolute Gasteiger partial charge is 0.0220 e. The van der Waals surface area contributed by atoms with Crippen molar-refractivity contribution in [2.45, 2.75) is 51.5 Å². The molecule has 1 atom stereocenters. The molecule has 1 aliphatic heterocycles. The van der Waals surface area contributed by atoms with Crippen LogP contribution in [0.2, 0.25) is 0 Å². The lowest BCUT2D eigenvalue weighted by atomic mass is 10.0. The average Bonchev–Trinajstić information content (AvgIpc) is 2.24. The normalized spacial score (nSPS) is 23.6. The quantitative estimate of drug-likeness (QED) is 0.624. The molecule has 0 N–H and O–H groups in total. The number of hydrogen-bond donors (Lipinski definition) is 0. The second-order valence-electron chi connectivity index (χ2n) is 5.10. The molecule has 1 heterocycles. The monoisotopic (exact) mass is 212 g/mol. The predicted molar refractivity (Wildman–Crippen MR) is 67.3 cm³/mol. The summed E-state index contributed by atoms with van der Waals surface area (Å²) < 4.78 is 0. The molecule has 0 unspecified atom stereocenters. The van der Waals surface area contributed by atoms with Crippen LogP contribution in [0.1, 0.15) is 45.4 Å². The lowest BCUT2D eigenvalue weighted by molar-refractivity contribution is 0.133. The van der Waals surface area contributed by atoms with Crippen LogP contribution in [-0.2, 0) is 0 Å². The minimum Gasteiger partial charge on any atom is -0.305 e. The maximum atomic E-state index is 2.57. The van der Waals surface area contributed by atoms with Gasteiger partial charge in [0.2, 0.25) is 0 Å². The van der Waals surface area contributed by atoms with Gasteiger partial charge in [-0.1, -0.05) is 26.2 Å². The summed E-state index contributed by atoms with van der Waals surface area (Å²) in [7, 11) is 4.55. The summed E-state index contributed by atoms with van der Waals surface area (Å²) in [6.07, 6.45) is 8.30. The number of nitrogens with zero attached hydrogens (tertiary/aromatic N) is 2. The zero-order valence-electron chi connectivity index (χ0n) is 10.8. The third-order valence-corrected chi connectivity index (χ3v) is 3.59. The molecule has 0 aromatic carbocycles. The molecule has 2 heteroatoms. The highest BCUT2D eigenvalue weighted by atomic mass is 15.2. The third-order valence-electron chi connectivity index (χ3n) is 3.59. The van der Waals surface area contributed by atoms with Gasteiger partial charge in [-0.3, -0.25) is 0 Å². The zero-order valence-corrected chi connectivity index (χ0v) is 10.8. The summed E-state index contributed by atoms with van der Waals surface area (Å²) in [5.41, 5.74) is 0. The molecular formula is C13H28N2. The summed E-state index contributed by atoms with van der Waals surface area (Å²) in [4.78, 5) is 5.04. The Bertz CT molecular complexity index is 159. The van der Waals surface area contributed by atoms with Crippen molar-refractivity contribution in [1.29, 1.82) is 0 Å². The van der Waals surface area contributed by atoms with Crippen molar-refractivity contribution in [3.8, 4) is 0 Å². The van der Waals surface area contributed by atoms with E-state index in [-0.39, 0.29) is 0 Å². The number of likely N-dealkylation sites (tertiary alicyclic amines) is 1. The van der Waals surface area contributed by atoms with Gasteiger partial charge < -0.3 is 9.80 Å². The van der Waals surface area contributed by atoms with Gasteiger partial charge in [-0.25, -0.2) is 0 Å². The van der Waals surface area contributed by atoms with Crippen LogP contribution in [0.15, 0.2) is 0 Å². The van der Waals surface area contributed by atoms with E-state index in [4.69, 9.17) is 0 Å². The van der Waals surface area contributed by atoms with Crippen molar-refractivity contribution in [2.75, 3.05) is 33.7 Å². The average molecular weight is 212 g/mol. The molecule has 1 saturated heterocycles. The molecule has 0 aromatic heterocycles. The Balaban J connectivity index is 2.12. The van der Waals surface area contributed by atoms with E-state index in [2.05, 4.69) is 30.8 Å². The molecule has 90 valence electrons. The molecule has 0 aromatic rings. The Hall–Kier alpha value is -0.0800. The fourth-order valence-electron chi connectivity index (χ4n) is 2.47. The maximum Gasteiger partial charge on any atom is 0.0220 e. The van der Waals surface area contributed by atoms with E-state index < -0.39 is 0 Å². The molecule has 0 amide bonds. The Morgan fingerprint density at radius 2 is 2.07 bits per heavy atom. The fraction of sp³-hybridized carbons (Fsp3) is 1.00. The molecule has 0 spiro atoms. The van der Waals surface area contributed by atoms with Crippen LogP contribution in [0, 0.1) is 0 Å². The van der Waals surface area contributed by atoms with E-state index in [1.165, 1.54) is 58.2 Å². The summed E-state index contributed by atoms with van der Waals surface area (Å²) in [5, 5.41) is 0. The van der Waals surface area contributed by atoms with E-state index in [0.29, 0.717) is 0 Å². The summed E-state index contributed by atoms with van der Waals surface area (Å²) in [5.74, 6) is 0. The minimum absolute atomic E-state index is 0.811.